The van der Waals surface area contributed by atoms with Crippen LogP contribution >= 0.6 is 11.6 Å². The predicted octanol–water partition coefficient (Wildman–Crippen LogP) is 2.68. The molecule has 0 aliphatic rings. The molecule has 0 amide bonds. The van der Waals surface area contributed by atoms with E-state index in [4.69, 9.17) is 25.8 Å². The van der Waals surface area contributed by atoms with E-state index < -0.39 is 26.8 Å². The Kier molecular flexibility index (Phi) is 7.10. The highest BCUT2D eigenvalue weighted by atomic mass is 35.5. The Morgan fingerprint density at radius 3 is 2.28 bits per heavy atom. The highest BCUT2D eigenvalue weighted by molar-refractivity contribution is 7.90. The first-order valence-corrected chi connectivity index (χ1v) is 9.44. The molecular formula is C16H24ClNO6S. The molecule has 1 rings (SSSR count). The van der Waals surface area contributed by atoms with Crippen LogP contribution in [0, 0.1) is 0 Å². The molecule has 142 valence electrons. The molecule has 0 unspecified atom stereocenters. The van der Waals surface area contributed by atoms with Crippen LogP contribution in [0.5, 0.6) is 11.5 Å². The van der Waals surface area contributed by atoms with Crippen molar-refractivity contribution >= 4 is 27.6 Å². The summed E-state index contributed by atoms with van der Waals surface area (Å²) in [5, 5.41) is 0.117. The molecule has 0 heterocycles. The van der Waals surface area contributed by atoms with Gasteiger partial charge in [0.1, 0.15) is 17.5 Å². The van der Waals surface area contributed by atoms with Crippen molar-refractivity contribution < 1.29 is 27.4 Å². The number of ether oxygens (including phenoxy) is 3. The number of nitrogens with one attached hydrogen (secondary N) is 1. The lowest BCUT2D eigenvalue weighted by atomic mass is 10.1. The average molecular weight is 394 g/mol. The van der Waals surface area contributed by atoms with E-state index in [0.29, 0.717) is 5.75 Å². The van der Waals surface area contributed by atoms with Crippen LogP contribution in [0.15, 0.2) is 12.1 Å². The van der Waals surface area contributed by atoms with Crippen molar-refractivity contribution in [2.45, 2.75) is 38.5 Å². The van der Waals surface area contributed by atoms with Gasteiger partial charge in [0.25, 0.3) is 0 Å². The number of carbonyl (C=O) groups is 1. The monoisotopic (exact) mass is 393 g/mol. The number of carbonyl (C=O) groups excluding carboxylic acids is 1. The summed E-state index contributed by atoms with van der Waals surface area (Å²) in [5.41, 5.74) is 0.163. The van der Waals surface area contributed by atoms with Gasteiger partial charge in [0.2, 0.25) is 10.0 Å². The SMILES string of the molecule is CCOC(=O)[C@@H](NS(=O)(=O)C(C)(C)C)c1c(Cl)cc(OC)cc1OC. The third-order valence-electron chi connectivity index (χ3n) is 3.41. The normalized spacial score (nSPS) is 13.2. The molecule has 0 saturated carbocycles. The van der Waals surface area contributed by atoms with E-state index in [-0.39, 0.29) is 22.9 Å². The molecule has 0 aliphatic heterocycles. The topological polar surface area (TPSA) is 90.9 Å². The molecule has 0 aromatic heterocycles. The Morgan fingerprint density at radius 2 is 1.84 bits per heavy atom. The number of rotatable bonds is 7. The molecule has 7 nitrogen and oxygen atoms in total. The van der Waals surface area contributed by atoms with Crippen molar-refractivity contribution in [3.05, 3.63) is 22.7 Å². The first-order valence-electron chi connectivity index (χ1n) is 7.58. The van der Waals surface area contributed by atoms with Crippen LogP contribution in [-0.4, -0.2) is 40.0 Å². The van der Waals surface area contributed by atoms with E-state index in [1.54, 1.807) is 6.92 Å². The fraction of sp³-hybridized carbons (Fsp3) is 0.562. The zero-order valence-corrected chi connectivity index (χ0v) is 16.7. The molecule has 1 aromatic carbocycles. The summed E-state index contributed by atoms with van der Waals surface area (Å²) in [6, 6.07) is 1.63. The van der Waals surface area contributed by atoms with Crippen molar-refractivity contribution in [3.8, 4) is 11.5 Å². The quantitative estimate of drug-likeness (QED) is 0.716. The summed E-state index contributed by atoms with van der Waals surface area (Å²) >= 11 is 6.27. The largest absolute Gasteiger partial charge is 0.497 e. The van der Waals surface area contributed by atoms with Gasteiger partial charge in [0, 0.05) is 11.6 Å². The van der Waals surface area contributed by atoms with E-state index in [1.807, 2.05) is 0 Å². The van der Waals surface area contributed by atoms with Gasteiger partial charge in [0.05, 0.1) is 30.6 Å². The van der Waals surface area contributed by atoms with Crippen molar-refractivity contribution in [3.63, 3.8) is 0 Å². The molecular weight excluding hydrogens is 370 g/mol. The van der Waals surface area contributed by atoms with Gasteiger partial charge in [-0.2, -0.15) is 4.72 Å². The van der Waals surface area contributed by atoms with Crippen molar-refractivity contribution in [2.24, 2.45) is 0 Å². The van der Waals surface area contributed by atoms with Crippen LogP contribution in [0.4, 0.5) is 0 Å². The average Bonchev–Trinajstić information content (AvgIpc) is 2.51. The molecule has 0 radical (unpaired) electrons. The Balaban J connectivity index is 3.52. The van der Waals surface area contributed by atoms with E-state index in [2.05, 4.69) is 4.72 Å². The van der Waals surface area contributed by atoms with Crippen LogP contribution in [0.3, 0.4) is 0 Å². The van der Waals surface area contributed by atoms with Gasteiger partial charge >= 0.3 is 5.97 Å². The standard InChI is InChI=1S/C16H24ClNO6S/c1-7-24-15(19)14(18-25(20,21)16(2,3)4)13-11(17)8-10(22-5)9-12(13)23-6/h8-9,14,18H,7H2,1-6H3/t14-/m0/s1. The number of methoxy groups -OCH3 is 2. The minimum absolute atomic E-state index is 0.0860. The number of halogens is 1. The van der Waals surface area contributed by atoms with Crippen LogP contribution < -0.4 is 14.2 Å². The van der Waals surface area contributed by atoms with E-state index in [0.717, 1.165) is 0 Å². The summed E-state index contributed by atoms with van der Waals surface area (Å²) in [6.45, 7) is 6.27. The summed E-state index contributed by atoms with van der Waals surface area (Å²) in [6.07, 6.45) is 0. The minimum atomic E-state index is -3.86. The molecule has 0 saturated heterocycles. The maximum atomic E-state index is 12.6. The Labute approximate surface area is 153 Å². The third-order valence-corrected chi connectivity index (χ3v) is 5.88. The Bertz CT molecular complexity index is 727. The summed E-state index contributed by atoms with van der Waals surface area (Å²) in [4.78, 5) is 12.4. The Hall–Kier alpha value is -1.51. The number of benzene rings is 1. The van der Waals surface area contributed by atoms with Crippen LogP contribution in [-0.2, 0) is 19.6 Å². The number of sulfonamides is 1. The summed E-state index contributed by atoms with van der Waals surface area (Å²) in [7, 11) is -1.02. The van der Waals surface area contributed by atoms with Crippen molar-refractivity contribution in [1.29, 1.82) is 0 Å². The zero-order chi connectivity index (χ0) is 19.4. The molecule has 0 fully saturated rings. The second-order valence-electron chi connectivity index (χ2n) is 6.14. The highest BCUT2D eigenvalue weighted by Crippen LogP contribution is 2.37. The smallest absolute Gasteiger partial charge is 0.328 e. The first kappa shape index (κ1) is 21.5. The van der Waals surface area contributed by atoms with E-state index in [1.165, 1.54) is 47.1 Å². The molecule has 1 N–H and O–H groups in total. The molecule has 1 atom stereocenters. The predicted molar refractivity (Wildman–Crippen MR) is 95.7 cm³/mol. The van der Waals surface area contributed by atoms with Gasteiger partial charge in [0.15, 0.2) is 0 Å². The van der Waals surface area contributed by atoms with E-state index >= 15 is 0 Å². The zero-order valence-electron chi connectivity index (χ0n) is 15.2. The summed E-state index contributed by atoms with van der Waals surface area (Å²) < 4.78 is 41.8. The number of hydrogen-bond donors (Lipinski definition) is 1. The lowest BCUT2D eigenvalue weighted by molar-refractivity contribution is -0.145. The number of hydrogen-bond acceptors (Lipinski definition) is 6. The summed E-state index contributed by atoms with van der Waals surface area (Å²) in [5.74, 6) is -0.161. The van der Waals surface area contributed by atoms with Crippen LogP contribution in [0.25, 0.3) is 0 Å². The minimum Gasteiger partial charge on any atom is -0.497 e. The van der Waals surface area contributed by atoms with Gasteiger partial charge in [-0.1, -0.05) is 11.6 Å². The molecule has 9 heteroatoms. The lowest BCUT2D eigenvalue weighted by Crippen LogP contribution is -2.44. The van der Waals surface area contributed by atoms with E-state index in [9.17, 15) is 13.2 Å². The fourth-order valence-electron chi connectivity index (χ4n) is 1.92. The molecule has 0 bridgehead atoms. The van der Waals surface area contributed by atoms with Crippen LogP contribution in [0.1, 0.15) is 39.3 Å². The maximum absolute atomic E-state index is 12.6. The maximum Gasteiger partial charge on any atom is 0.328 e. The van der Waals surface area contributed by atoms with Gasteiger partial charge in [-0.15, -0.1) is 0 Å². The first-order chi connectivity index (χ1) is 11.5. The van der Waals surface area contributed by atoms with Crippen molar-refractivity contribution in [2.75, 3.05) is 20.8 Å². The van der Waals surface area contributed by atoms with Gasteiger partial charge in [-0.25, -0.2) is 13.2 Å². The Morgan fingerprint density at radius 1 is 1.24 bits per heavy atom. The van der Waals surface area contributed by atoms with Crippen LogP contribution in [0.2, 0.25) is 5.02 Å². The molecule has 25 heavy (non-hydrogen) atoms. The van der Waals surface area contributed by atoms with Gasteiger partial charge in [-0.3, -0.25) is 0 Å². The van der Waals surface area contributed by atoms with Gasteiger partial charge in [-0.05, 0) is 33.8 Å². The second kappa shape index (κ2) is 8.25. The third kappa shape index (κ3) is 4.99. The highest BCUT2D eigenvalue weighted by Gasteiger charge is 2.37. The molecule has 1 aromatic rings. The molecule has 0 spiro atoms. The molecule has 0 aliphatic carbocycles. The van der Waals surface area contributed by atoms with Crippen molar-refractivity contribution in [1.82, 2.24) is 4.72 Å². The fourth-order valence-corrected chi connectivity index (χ4v) is 3.11. The lowest BCUT2D eigenvalue weighted by Gasteiger charge is -2.26. The van der Waals surface area contributed by atoms with Gasteiger partial charge < -0.3 is 14.2 Å². The second-order valence-corrected chi connectivity index (χ2v) is 9.02. The number of esters is 1.